The Morgan fingerprint density at radius 2 is 1.90 bits per heavy atom. The number of hydrogen-bond donors (Lipinski definition) is 3. The highest BCUT2D eigenvalue weighted by Gasteiger charge is 2.38. The van der Waals surface area contributed by atoms with Gasteiger partial charge in [0.1, 0.15) is 6.04 Å². The first-order valence-electron chi connectivity index (χ1n) is 8.38. The quantitative estimate of drug-likeness (QED) is 0.716. The Labute approximate surface area is 127 Å². The summed E-state index contributed by atoms with van der Waals surface area (Å²) < 4.78 is 0. The predicted molar refractivity (Wildman–Crippen MR) is 82.8 cm³/mol. The summed E-state index contributed by atoms with van der Waals surface area (Å²) in [5, 5.41) is 9.19. The van der Waals surface area contributed by atoms with Crippen LogP contribution in [-0.4, -0.2) is 36.0 Å². The first-order chi connectivity index (χ1) is 10.0. The minimum absolute atomic E-state index is 0.0313. The summed E-state index contributed by atoms with van der Waals surface area (Å²) in [5.74, 6) is 0.503. The third-order valence-electron chi connectivity index (χ3n) is 4.93. The van der Waals surface area contributed by atoms with Crippen LogP contribution in [0.3, 0.4) is 0 Å². The molecule has 0 radical (unpaired) electrons. The van der Waals surface area contributed by atoms with Gasteiger partial charge in [0, 0.05) is 12.1 Å². The predicted octanol–water partition coefficient (Wildman–Crippen LogP) is 1.33. The van der Waals surface area contributed by atoms with Gasteiger partial charge in [0.25, 0.3) is 0 Å². The van der Waals surface area contributed by atoms with Crippen LogP contribution in [0.4, 0.5) is 0 Å². The number of amides is 2. The lowest BCUT2D eigenvalue weighted by atomic mass is 9.85. The summed E-state index contributed by atoms with van der Waals surface area (Å²) in [6.45, 7) is 5.74. The van der Waals surface area contributed by atoms with E-state index in [1.807, 2.05) is 13.8 Å². The van der Waals surface area contributed by atoms with E-state index in [2.05, 4.69) is 16.0 Å². The van der Waals surface area contributed by atoms with Gasteiger partial charge in [0.15, 0.2) is 0 Å². The Hall–Kier alpha value is -1.10. The van der Waals surface area contributed by atoms with Gasteiger partial charge in [-0.05, 0) is 45.4 Å². The molecule has 5 heteroatoms. The number of carbonyl (C=O) groups is 2. The normalized spacial score (nSPS) is 31.1. The summed E-state index contributed by atoms with van der Waals surface area (Å²) in [6.07, 6.45) is 6.75. The molecule has 5 atom stereocenters. The summed E-state index contributed by atoms with van der Waals surface area (Å²) in [4.78, 5) is 24.3. The second-order valence-corrected chi connectivity index (χ2v) is 6.65. The fourth-order valence-corrected chi connectivity index (χ4v) is 3.37. The molecule has 0 aromatic heterocycles. The Morgan fingerprint density at radius 1 is 1.19 bits per heavy atom. The maximum absolute atomic E-state index is 12.3. The molecule has 2 aliphatic rings. The van der Waals surface area contributed by atoms with Crippen molar-refractivity contribution < 1.29 is 9.59 Å². The van der Waals surface area contributed by atoms with Crippen molar-refractivity contribution in [3.8, 4) is 0 Å². The van der Waals surface area contributed by atoms with E-state index in [1.54, 1.807) is 6.92 Å². The molecule has 5 unspecified atom stereocenters. The lowest BCUT2D eigenvalue weighted by molar-refractivity contribution is -0.129. The highest BCUT2D eigenvalue weighted by Crippen LogP contribution is 2.33. The number of hydrogen-bond acceptors (Lipinski definition) is 3. The molecule has 2 rings (SSSR count). The van der Waals surface area contributed by atoms with Crippen LogP contribution >= 0.6 is 0 Å². The zero-order valence-electron chi connectivity index (χ0n) is 13.4. The topological polar surface area (TPSA) is 70.2 Å². The van der Waals surface area contributed by atoms with Crippen molar-refractivity contribution in [1.29, 1.82) is 0 Å². The van der Waals surface area contributed by atoms with Gasteiger partial charge in [-0.15, -0.1) is 0 Å². The molecule has 1 heterocycles. The molecule has 120 valence electrons. The molecule has 21 heavy (non-hydrogen) atoms. The van der Waals surface area contributed by atoms with E-state index in [0.717, 1.165) is 12.8 Å². The van der Waals surface area contributed by atoms with Gasteiger partial charge in [0.2, 0.25) is 11.8 Å². The summed E-state index contributed by atoms with van der Waals surface area (Å²) in [6, 6.07) is 0.0379. The zero-order valence-corrected chi connectivity index (χ0v) is 13.4. The maximum atomic E-state index is 12.3. The first-order valence-corrected chi connectivity index (χ1v) is 8.38. The van der Waals surface area contributed by atoms with E-state index in [0.29, 0.717) is 12.0 Å². The first kappa shape index (κ1) is 16.3. The number of nitrogens with one attached hydrogen (secondary N) is 3. The monoisotopic (exact) mass is 295 g/mol. The van der Waals surface area contributed by atoms with E-state index in [4.69, 9.17) is 0 Å². The molecule has 1 saturated carbocycles. The average molecular weight is 295 g/mol. The molecule has 1 aliphatic heterocycles. The van der Waals surface area contributed by atoms with Gasteiger partial charge in [0.05, 0.1) is 6.04 Å². The van der Waals surface area contributed by atoms with Crippen LogP contribution in [0, 0.1) is 5.92 Å². The minimum Gasteiger partial charge on any atom is -0.352 e. The molecular weight excluding hydrogens is 266 g/mol. The Morgan fingerprint density at radius 3 is 2.57 bits per heavy atom. The van der Waals surface area contributed by atoms with Gasteiger partial charge in [-0.2, -0.15) is 0 Å². The third-order valence-corrected chi connectivity index (χ3v) is 4.93. The molecule has 0 aromatic rings. The number of rotatable bonds is 5. The molecule has 0 bridgehead atoms. The van der Waals surface area contributed by atoms with Crippen molar-refractivity contribution >= 4 is 11.8 Å². The third kappa shape index (κ3) is 4.19. The van der Waals surface area contributed by atoms with Crippen molar-refractivity contribution in [2.24, 2.45) is 5.92 Å². The van der Waals surface area contributed by atoms with Crippen molar-refractivity contribution in [1.82, 2.24) is 16.0 Å². The molecule has 0 spiro atoms. The molecule has 5 nitrogen and oxygen atoms in total. The highest BCUT2D eigenvalue weighted by molar-refractivity contribution is 5.89. The van der Waals surface area contributed by atoms with Gasteiger partial charge in [-0.1, -0.05) is 19.8 Å². The number of fused-ring (bicyclic) bond motifs is 1. The van der Waals surface area contributed by atoms with E-state index in [1.165, 1.54) is 25.7 Å². The summed E-state index contributed by atoms with van der Waals surface area (Å²) in [5.41, 5.74) is 0. The second-order valence-electron chi connectivity index (χ2n) is 6.65. The van der Waals surface area contributed by atoms with Crippen molar-refractivity contribution in [2.75, 3.05) is 0 Å². The second kappa shape index (κ2) is 7.25. The van der Waals surface area contributed by atoms with Gasteiger partial charge in [-0.3, -0.25) is 9.59 Å². The van der Waals surface area contributed by atoms with Crippen LogP contribution in [0.5, 0.6) is 0 Å². The van der Waals surface area contributed by atoms with Crippen LogP contribution < -0.4 is 16.0 Å². The molecule has 1 aliphatic carbocycles. The van der Waals surface area contributed by atoms with Crippen molar-refractivity contribution in [2.45, 2.75) is 83.5 Å². The average Bonchev–Trinajstić information content (AvgIpc) is 2.90. The maximum Gasteiger partial charge on any atom is 0.242 e. The highest BCUT2D eigenvalue weighted by atomic mass is 16.2. The Balaban J connectivity index is 1.80. The van der Waals surface area contributed by atoms with Crippen LogP contribution in [0.2, 0.25) is 0 Å². The van der Waals surface area contributed by atoms with Crippen LogP contribution in [-0.2, 0) is 9.59 Å². The van der Waals surface area contributed by atoms with Crippen LogP contribution in [0.15, 0.2) is 0 Å². The lowest BCUT2D eigenvalue weighted by Gasteiger charge is -2.24. The molecular formula is C16H29N3O2. The molecule has 2 amide bonds. The minimum atomic E-state index is -0.476. The number of carbonyl (C=O) groups excluding carboxylic acids is 2. The van der Waals surface area contributed by atoms with Crippen LogP contribution in [0.1, 0.15) is 59.3 Å². The summed E-state index contributed by atoms with van der Waals surface area (Å²) in [7, 11) is 0. The van der Waals surface area contributed by atoms with Gasteiger partial charge in [-0.25, -0.2) is 0 Å². The van der Waals surface area contributed by atoms with Crippen LogP contribution in [0.25, 0.3) is 0 Å². The van der Waals surface area contributed by atoms with Crippen molar-refractivity contribution in [3.63, 3.8) is 0 Å². The van der Waals surface area contributed by atoms with Gasteiger partial charge >= 0.3 is 0 Å². The summed E-state index contributed by atoms with van der Waals surface area (Å²) >= 11 is 0. The van der Waals surface area contributed by atoms with E-state index in [-0.39, 0.29) is 23.9 Å². The molecule has 0 aromatic carbocycles. The molecule has 1 saturated heterocycles. The fraction of sp³-hybridized carbons (Fsp3) is 0.875. The van der Waals surface area contributed by atoms with E-state index >= 15 is 0 Å². The SMILES string of the molecule is CCC(C)NC(=O)C(C)NC(=O)C1CC2CCCCC2N1. The zero-order chi connectivity index (χ0) is 15.4. The fourth-order valence-electron chi connectivity index (χ4n) is 3.37. The molecule has 2 fully saturated rings. The Bertz CT molecular complexity index is 372. The van der Waals surface area contributed by atoms with E-state index < -0.39 is 6.04 Å². The molecule has 3 N–H and O–H groups in total. The van der Waals surface area contributed by atoms with Crippen molar-refractivity contribution in [3.05, 3.63) is 0 Å². The largest absolute Gasteiger partial charge is 0.352 e. The smallest absolute Gasteiger partial charge is 0.242 e. The lowest BCUT2D eigenvalue weighted by Crippen LogP contribution is -2.52. The standard InChI is InChI=1S/C16H29N3O2/c1-4-10(2)17-15(20)11(3)18-16(21)14-9-12-7-5-6-8-13(12)19-14/h10-14,19H,4-9H2,1-3H3,(H,17,20)(H,18,21). The van der Waals surface area contributed by atoms with E-state index in [9.17, 15) is 9.59 Å². The Kier molecular flexibility index (Phi) is 5.62. The van der Waals surface area contributed by atoms with Gasteiger partial charge < -0.3 is 16.0 Å².